The maximum atomic E-state index is 11.6. The highest BCUT2D eigenvalue weighted by molar-refractivity contribution is 7.17. The fourth-order valence-electron chi connectivity index (χ4n) is 2.92. The zero-order valence-electron chi connectivity index (χ0n) is 12.6. The number of hydrogen-bond donors (Lipinski definition) is 1. The first-order valence-electron chi connectivity index (χ1n) is 7.46. The number of anilines is 1. The molecule has 0 amide bonds. The Morgan fingerprint density at radius 1 is 1.40 bits per heavy atom. The smallest absolute Gasteiger partial charge is 0.350 e. The third-order valence-corrected chi connectivity index (χ3v) is 5.11. The summed E-state index contributed by atoms with van der Waals surface area (Å²) < 4.78 is 4.77. The number of aryl methyl sites for hydroxylation is 1. The van der Waals surface area contributed by atoms with Crippen molar-refractivity contribution in [3.05, 3.63) is 10.6 Å². The molecule has 0 bridgehead atoms. The van der Waals surface area contributed by atoms with Crippen molar-refractivity contribution in [2.24, 2.45) is 5.92 Å². The van der Waals surface area contributed by atoms with E-state index >= 15 is 0 Å². The molecule has 1 aliphatic carbocycles. The molecule has 1 saturated carbocycles. The molecule has 5 heteroatoms. The Balaban J connectivity index is 1.90. The van der Waals surface area contributed by atoms with Crippen LogP contribution < -0.4 is 5.32 Å². The molecule has 1 aromatic rings. The zero-order valence-corrected chi connectivity index (χ0v) is 13.4. The highest BCUT2D eigenvalue weighted by Gasteiger charge is 2.22. The number of methoxy groups -OCH3 is 1. The summed E-state index contributed by atoms with van der Waals surface area (Å²) in [6.07, 6.45) is 7.67. The molecule has 1 N–H and O–H groups in total. The Morgan fingerprint density at radius 2 is 2.10 bits per heavy atom. The van der Waals surface area contributed by atoms with Crippen LogP contribution in [0.1, 0.15) is 60.8 Å². The van der Waals surface area contributed by atoms with Crippen molar-refractivity contribution in [3.63, 3.8) is 0 Å². The fraction of sp³-hybridized carbons (Fsp3) is 0.733. The molecule has 0 unspecified atom stereocenters. The molecular formula is C15H24N2O2S. The van der Waals surface area contributed by atoms with Crippen molar-refractivity contribution in [3.8, 4) is 0 Å². The number of esters is 1. The van der Waals surface area contributed by atoms with Crippen molar-refractivity contribution in [2.45, 2.75) is 58.4 Å². The number of carbonyl (C=O) groups excluding carboxylic acids is 1. The van der Waals surface area contributed by atoms with Crippen molar-refractivity contribution in [1.82, 2.24) is 4.98 Å². The van der Waals surface area contributed by atoms with Crippen LogP contribution in [0.2, 0.25) is 0 Å². The molecule has 112 valence electrons. The lowest BCUT2D eigenvalue weighted by molar-refractivity contribution is 0.0605. The molecule has 2 rings (SSSR count). The number of nitrogens with zero attached hydrogens (tertiary/aromatic N) is 1. The second-order valence-corrected chi connectivity index (χ2v) is 6.57. The first-order chi connectivity index (χ1) is 9.63. The molecule has 1 fully saturated rings. The van der Waals surface area contributed by atoms with E-state index in [9.17, 15) is 4.79 Å². The van der Waals surface area contributed by atoms with Crippen LogP contribution in [-0.4, -0.2) is 24.1 Å². The molecule has 1 aromatic heterocycles. The maximum Gasteiger partial charge on any atom is 0.350 e. The van der Waals surface area contributed by atoms with Crippen LogP contribution in [0.4, 0.5) is 5.13 Å². The van der Waals surface area contributed by atoms with Gasteiger partial charge in [-0.05, 0) is 38.5 Å². The SMILES string of the molecule is CCCC1CCC(Nc2nc(C)c(C(=O)OC)s2)CC1. The summed E-state index contributed by atoms with van der Waals surface area (Å²) in [7, 11) is 1.41. The van der Waals surface area contributed by atoms with Crippen LogP contribution in [-0.2, 0) is 4.74 Å². The van der Waals surface area contributed by atoms with Crippen LogP contribution in [0.15, 0.2) is 0 Å². The van der Waals surface area contributed by atoms with Gasteiger partial charge in [0.2, 0.25) is 0 Å². The highest BCUT2D eigenvalue weighted by Crippen LogP contribution is 2.31. The molecular weight excluding hydrogens is 272 g/mol. The van der Waals surface area contributed by atoms with Crippen LogP contribution in [0.3, 0.4) is 0 Å². The summed E-state index contributed by atoms with van der Waals surface area (Å²) in [6, 6.07) is 0.499. The van der Waals surface area contributed by atoms with Gasteiger partial charge >= 0.3 is 5.97 Å². The molecule has 20 heavy (non-hydrogen) atoms. The van der Waals surface area contributed by atoms with Crippen molar-refractivity contribution < 1.29 is 9.53 Å². The number of thiazole rings is 1. The second kappa shape index (κ2) is 7.07. The quantitative estimate of drug-likeness (QED) is 0.834. The standard InChI is InChI=1S/C15H24N2O2S/c1-4-5-11-6-8-12(9-7-11)17-15-16-10(2)13(20-15)14(18)19-3/h11-12H,4-9H2,1-3H3,(H,16,17). The van der Waals surface area contributed by atoms with E-state index in [0.717, 1.165) is 16.7 Å². The lowest BCUT2D eigenvalue weighted by Crippen LogP contribution is -2.25. The van der Waals surface area contributed by atoms with Crippen LogP contribution in [0.5, 0.6) is 0 Å². The Kier molecular flexibility index (Phi) is 5.40. The molecule has 0 spiro atoms. The molecule has 0 aliphatic heterocycles. The zero-order chi connectivity index (χ0) is 14.5. The minimum absolute atomic E-state index is 0.292. The Hall–Kier alpha value is -1.10. The van der Waals surface area contributed by atoms with Gasteiger partial charge in [0.15, 0.2) is 5.13 Å². The highest BCUT2D eigenvalue weighted by atomic mass is 32.1. The predicted octanol–water partition coefficient (Wildman–Crippen LogP) is 4.01. The number of nitrogens with one attached hydrogen (secondary N) is 1. The van der Waals surface area contributed by atoms with Gasteiger partial charge in [-0.3, -0.25) is 0 Å². The van der Waals surface area contributed by atoms with Crippen LogP contribution in [0, 0.1) is 12.8 Å². The van der Waals surface area contributed by atoms with Crippen LogP contribution >= 0.6 is 11.3 Å². The number of aromatic nitrogens is 1. The molecule has 0 atom stereocenters. The van der Waals surface area contributed by atoms with Crippen molar-refractivity contribution in [1.29, 1.82) is 0 Å². The first-order valence-corrected chi connectivity index (χ1v) is 8.28. The molecule has 0 radical (unpaired) electrons. The monoisotopic (exact) mass is 296 g/mol. The maximum absolute atomic E-state index is 11.6. The average molecular weight is 296 g/mol. The number of ether oxygens (including phenoxy) is 1. The topological polar surface area (TPSA) is 51.2 Å². The van der Waals surface area contributed by atoms with Gasteiger partial charge in [-0.15, -0.1) is 0 Å². The van der Waals surface area contributed by atoms with E-state index in [0.29, 0.717) is 10.9 Å². The first kappa shape index (κ1) is 15.3. The van der Waals surface area contributed by atoms with Gasteiger partial charge in [-0.2, -0.15) is 0 Å². The largest absolute Gasteiger partial charge is 0.465 e. The van der Waals surface area contributed by atoms with Gasteiger partial charge in [-0.25, -0.2) is 9.78 Å². The summed E-state index contributed by atoms with van der Waals surface area (Å²) in [4.78, 5) is 16.6. The van der Waals surface area contributed by atoms with E-state index in [1.54, 1.807) is 0 Å². The summed E-state index contributed by atoms with van der Waals surface area (Å²) in [5, 5.41) is 4.33. The summed E-state index contributed by atoms with van der Waals surface area (Å²) in [5.41, 5.74) is 0.754. The minimum atomic E-state index is -0.292. The van der Waals surface area contributed by atoms with Gasteiger partial charge in [0.1, 0.15) is 4.88 Å². The van der Waals surface area contributed by atoms with E-state index in [2.05, 4.69) is 17.2 Å². The Morgan fingerprint density at radius 3 is 2.70 bits per heavy atom. The summed E-state index contributed by atoms with van der Waals surface area (Å²) >= 11 is 1.40. The number of hydrogen-bond acceptors (Lipinski definition) is 5. The molecule has 4 nitrogen and oxygen atoms in total. The van der Waals surface area contributed by atoms with E-state index in [1.165, 1.54) is 57.0 Å². The minimum Gasteiger partial charge on any atom is -0.465 e. The van der Waals surface area contributed by atoms with Gasteiger partial charge in [0, 0.05) is 6.04 Å². The van der Waals surface area contributed by atoms with E-state index in [-0.39, 0.29) is 5.97 Å². The summed E-state index contributed by atoms with van der Waals surface area (Å²) in [6.45, 7) is 4.11. The third kappa shape index (κ3) is 3.72. The normalized spacial score (nSPS) is 22.6. The lowest BCUT2D eigenvalue weighted by atomic mass is 9.83. The number of rotatable bonds is 5. The molecule has 0 saturated heterocycles. The van der Waals surface area contributed by atoms with Gasteiger partial charge in [0.05, 0.1) is 12.8 Å². The predicted molar refractivity (Wildman–Crippen MR) is 82.5 cm³/mol. The Bertz CT molecular complexity index is 451. The Labute approximate surface area is 124 Å². The van der Waals surface area contributed by atoms with Crippen molar-refractivity contribution in [2.75, 3.05) is 12.4 Å². The summed E-state index contributed by atoms with van der Waals surface area (Å²) in [5.74, 6) is 0.612. The average Bonchev–Trinajstić information content (AvgIpc) is 2.81. The van der Waals surface area contributed by atoms with Gasteiger partial charge in [0.25, 0.3) is 0 Å². The number of carbonyl (C=O) groups is 1. The third-order valence-electron chi connectivity index (χ3n) is 4.04. The molecule has 0 aromatic carbocycles. The molecule has 1 heterocycles. The molecule has 1 aliphatic rings. The lowest BCUT2D eigenvalue weighted by Gasteiger charge is -2.28. The van der Waals surface area contributed by atoms with Gasteiger partial charge in [-0.1, -0.05) is 31.1 Å². The van der Waals surface area contributed by atoms with Crippen molar-refractivity contribution >= 4 is 22.4 Å². The van der Waals surface area contributed by atoms with E-state index in [4.69, 9.17) is 4.74 Å². The van der Waals surface area contributed by atoms with E-state index < -0.39 is 0 Å². The second-order valence-electron chi connectivity index (χ2n) is 5.58. The van der Waals surface area contributed by atoms with Crippen LogP contribution in [0.25, 0.3) is 0 Å². The fourth-order valence-corrected chi connectivity index (χ4v) is 3.88. The van der Waals surface area contributed by atoms with E-state index in [1.807, 2.05) is 6.92 Å². The van der Waals surface area contributed by atoms with Gasteiger partial charge < -0.3 is 10.1 Å².